The largest absolute Gasteiger partial charge is 0.486 e. The van der Waals surface area contributed by atoms with Crippen molar-refractivity contribution in [3.63, 3.8) is 0 Å². The molecule has 2 aromatic rings. The summed E-state index contributed by atoms with van der Waals surface area (Å²) in [4.78, 5) is 0. The van der Waals surface area contributed by atoms with Crippen molar-refractivity contribution in [2.24, 2.45) is 0 Å². The van der Waals surface area contributed by atoms with Crippen LogP contribution in [0.3, 0.4) is 0 Å². The third-order valence-corrected chi connectivity index (χ3v) is 4.26. The van der Waals surface area contributed by atoms with Gasteiger partial charge >= 0.3 is 0 Å². The summed E-state index contributed by atoms with van der Waals surface area (Å²) in [7, 11) is 0. The summed E-state index contributed by atoms with van der Waals surface area (Å²) >= 11 is 5.44. The molecule has 0 radical (unpaired) electrons. The van der Waals surface area contributed by atoms with Crippen LogP contribution in [0.4, 0.5) is 5.69 Å². The average molecular weight is 342 g/mol. The van der Waals surface area contributed by atoms with Crippen molar-refractivity contribution in [2.75, 3.05) is 18.5 Å². The highest BCUT2D eigenvalue weighted by atomic mass is 32.1. The second-order valence-corrected chi connectivity index (χ2v) is 6.45. The summed E-state index contributed by atoms with van der Waals surface area (Å²) in [6.07, 6.45) is 0. The lowest BCUT2D eigenvalue weighted by Crippen LogP contribution is -2.31. The minimum Gasteiger partial charge on any atom is -0.486 e. The van der Waals surface area contributed by atoms with Crippen LogP contribution in [0.15, 0.2) is 36.4 Å². The van der Waals surface area contributed by atoms with Gasteiger partial charge in [0.05, 0.1) is 6.04 Å². The fraction of sp³-hybridized carbons (Fsp3) is 0.316. The molecule has 2 aromatic carbocycles. The van der Waals surface area contributed by atoms with Crippen LogP contribution in [0.5, 0.6) is 11.5 Å². The van der Waals surface area contributed by atoms with E-state index in [0.29, 0.717) is 18.3 Å². The van der Waals surface area contributed by atoms with Gasteiger partial charge in [-0.05, 0) is 56.2 Å². The van der Waals surface area contributed by atoms with Crippen LogP contribution in [0.1, 0.15) is 29.7 Å². The maximum atomic E-state index is 5.59. The van der Waals surface area contributed by atoms with Crippen LogP contribution in [-0.4, -0.2) is 18.3 Å². The van der Waals surface area contributed by atoms with E-state index in [1.165, 1.54) is 16.7 Å². The smallest absolute Gasteiger partial charge is 0.171 e. The summed E-state index contributed by atoms with van der Waals surface area (Å²) in [5, 5.41) is 7.12. The highest BCUT2D eigenvalue weighted by Gasteiger charge is 2.13. The van der Waals surface area contributed by atoms with E-state index in [1.54, 1.807) is 0 Å². The van der Waals surface area contributed by atoms with Crippen molar-refractivity contribution in [1.82, 2.24) is 5.32 Å². The maximum Gasteiger partial charge on any atom is 0.171 e. The molecule has 0 amide bonds. The second kappa shape index (κ2) is 7.09. The minimum absolute atomic E-state index is 0.128. The van der Waals surface area contributed by atoms with E-state index in [1.807, 2.05) is 18.2 Å². The van der Waals surface area contributed by atoms with Crippen LogP contribution in [0.2, 0.25) is 0 Å². The van der Waals surface area contributed by atoms with Gasteiger partial charge in [-0.25, -0.2) is 0 Å². The first-order chi connectivity index (χ1) is 11.5. The van der Waals surface area contributed by atoms with Crippen LogP contribution in [0, 0.1) is 13.8 Å². The molecule has 1 atom stereocenters. The zero-order valence-corrected chi connectivity index (χ0v) is 15.0. The third kappa shape index (κ3) is 3.79. The van der Waals surface area contributed by atoms with Gasteiger partial charge in [-0.3, -0.25) is 0 Å². The molecule has 4 nitrogen and oxygen atoms in total. The number of ether oxygens (including phenoxy) is 2. The van der Waals surface area contributed by atoms with E-state index in [2.05, 4.69) is 49.6 Å². The number of nitrogens with one attached hydrogen (secondary N) is 2. The fourth-order valence-electron chi connectivity index (χ4n) is 2.87. The Morgan fingerprint density at radius 3 is 2.54 bits per heavy atom. The zero-order valence-electron chi connectivity index (χ0n) is 14.2. The lowest BCUT2D eigenvalue weighted by molar-refractivity contribution is 0.171. The molecule has 0 bridgehead atoms. The monoisotopic (exact) mass is 342 g/mol. The van der Waals surface area contributed by atoms with Gasteiger partial charge in [0, 0.05) is 11.8 Å². The van der Waals surface area contributed by atoms with Crippen molar-refractivity contribution in [2.45, 2.75) is 26.8 Å². The van der Waals surface area contributed by atoms with E-state index in [9.17, 15) is 0 Å². The molecule has 126 valence electrons. The number of aryl methyl sites for hydroxylation is 2. The Balaban J connectivity index is 1.65. The van der Waals surface area contributed by atoms with Gasteiger partial charge in [-0.15, -0.1) is 0 Å². The number of thiocarbonyl (C=S) groups is 1. The molecule has 2 N–H and O–H groups in total. The van der Waals surface area contributed by atoms with Gasteiger partial charge in [0.25, 0.3) is 0 Å². The summed E-state index contributed by atoms with van der Waals surface area (Å²) in [6.45, 7) is 7.49. The summed E-state index contributed by atoms with van der Waals surface area (Å²) in [5.74, 6) is 1.52. The number of anilines is 1. The minimum atomic E-state index is 0.128. The standard InChI is InChI=1S/C19H22N2O2S/c1-12-4-6-16(13(2)10-12)14(3)20-19(24)21-15-5-7-17-18(11-15)23-9-8-22-17/h4-7,10-11,14H,8-9H2,1-3H3,(H2,20,21,24)/t14-/m0/s1. The molecule has 1 aliphatic heterocycles. The molecule has 0 spiro atoms. The third-order valence-electron chi connectivity index (χ3n) is 4.04. The van der Waals surface area contributed by atoms with Gasteiger partial charge in [0.15, 0.2) is 16.6 Å². The van der Waals surface area contributed by atoms with Gasteiger partial charge in [0.1, 0.15) is 13.2 Å². The molecule has 1 aliphatic rings. The number of fused-ring (bicyclic) bond motifs is 1. The number of rotatable bonds is 3. The lowest BCUT2D eigenvalue weighted by atomic mass is 10.0. The Morgan fingerprint density at radius 2 is 1.79 bits per heavy atom. The SMILES string of the molecule is Cc1ccc([C@H](C)NC(=S)Nc2ccc3c(c2)OCCO3)c(C)c1. The molecule has 24 heavy (non-hydrogen) atoms. The molecular weight excluding hydrogens is 320 g/mol. The van der Waals surface area contributed by atoms with Crippen LogP contribution >= 0.6 is 12.2 Å². The quantitative estimate of drug-likeness (QED) is 0.821. The summed E-state index contributed by atoms with van der Waals surface area (Å²) in [6, 6.07) is 12.3. The predicted octanol–water partition coefficient (Wildman–Crippen LogP) is 4.12. The Labute approximate surface area is 148 Å². The van der Waals surface area contributed by atoms with E-state index in [4.69, 9.17) is 21.7 Å². The first-order valence-electron chi connectivity index (χ1n) is 8.07. The van der Waals surface area contributed by atoms with E-state index in [0.717, 1.165) is 17.2 Å². The van der Waals surface area contributed by atoms with Crippen molar-refractivity contribution < 1.29 is 9.47 Å². The van der Waals surface area contributed by atoms with Crippen molar-refractivity contribution in [3.8, 4) is 11.5 Å². The Hall–Kier alpha value is -2.27. The molecule has 0 aliphatic carbocycles. The summed E-state index contributed by atoms with van der Waals surface area (Å²) in [5.41, 5.74) is 4.65. The summed E-state index contributed by atoms with van der Waals surface area (Å²) < 4.78 is 11.1. The van der Waals surface area contributed by atoms with Crippen LogP contribution < -0.4 is 20.1 Å². The molecule has 3 rings (SSSR count). The van der Waals surface area contributed by atoms with Gasteiger partial charge in [-0.2, -0.15) is 0 Å². The zero-order chi connectivity index (χ0) is 17.1. The molecule has 0 fully saturated rings. The van der Waals surface area contributed by atoms with Gasteiger partial charge in [-0.1, -0.05) is 23.8 Å². The second-order valence-electron chi connectivity index (χ2n) is 6.04. The molecule has 1 heterocycles. The van der Waals surface area contributed by atoms with E-state index < -0.39 is 0 Å². The highest BCUT2D eigenvalue weighted by molar-refractivity contribution is 7.80. The molecule has 0 saturated heterocycles. The Kier molecular flexibility index (Phi) is 4.90. The average Bonchev–Trinajstić information content (AvgIpc) is 2.54. The molecule has 5 heteroatoms. The topological polar surface area (TPSA) is 42.5 Å². The van der Waals surface area contributed by atoms with Gasteiger partial charge < -0.3 is 20.1 Å². The molecule has 0 unspecified atom stereocenters. The normalized spacial score (nSPS) is 14.0. The van der Waals surface area contributed by atoms with Crippen molar-refractivity contribution >= 4 is 23.0 Å². The van der Waals surface area contributed by atoms with E-state index in [-0.39, 0.29) is 6.04 Å². The molecular formula is C19H22N2O2S. The van der Waals surface area contributed by atoms with Gasteiger partial charge in [0.2, 0.25) is 0 Å². The van der Waals surface area contributed by atoms with Crippen molar-refractivity contribution in [1.29, 1.82) is 0 Å². The first kappa shape index (κ1) is 16.6. The van der Waals surface area contributed by atoms with Crippen LogP contribution in [0.25, 0.3) is 0 Å². The fourth-order valence-corrected chi connectivity index (χ4v) is 3.17. The first-order valence-corrected chi connectivity index (χ1v) is 8.48. The lowest BCUT2D eigenvalue weighted by Gasteiger charge is -2.21. The highest BCUT2D eigenvalue weighted by Crippen LogP contribution is 2.32. The maximum absolute atomic E-state index is 5.59. The van der Waals surface area contributed by atoms with Crippen molar-refractivity contribution in [3.05, 3.63) is 53.1 Å². The Bertz CT molecular complexity index is 761. The number of hydrogen-bond acceptors (Lipinski definition) is 3. The van der Waals surface area contributed by atoms with E-state index >= 15 is 0 Å². The van der Waals surface area contributed by atoms with Crippen LogP contribution in [-0.2, 0) is 0 Å². The number of hydrogen-bond donors (Lipinski definition) is 2. The predicted molar refractivity (Wildman–Crippen MR) is 101 cm³/mol. The molecule has 0 aromatic heterocycles. The molecule has 0 saturated carbocycles. The Morgan fingerprint density at radius 1 is 1.04 bits per heavy atom. The number of benzene rings is 2.